The Morgan fingerprint density at radius 1 is 1.26 bits per heavy atom. The van der Waals surface area contributed by atoms with Gasteiger partial charge in [-0.3, -0.25) is 4.79 Å². The average molecular weight is 312 g/mol. The number of furan rings is 1. The lowest BCUT2D eigenvalue weighted by Gasteiger charge is -1.99. The molecule has 0 spiro atoms. The molecule has 118 valence electrons. The zero-order valence-electron chi connectivity index (χ0n) is 12.8. The van der Waals surface area contributed by atoms with Crippen LogP contribution in [0.1, 0.15) is 28.6 Å². The molecule has 0 saturated carbocycles. The monoisotopic (exact) mass is 312 g/mol. The van der Waals surface area contributed by atoms with Crippen molar-refractivity contribution < 1.29 is 18.7 Å². The topological polar surface area (TPSA) is 73.1 Å². The maximum absolute atomic E-state index is 11.9. The molecule has 0 bridgehead atoms. The van der Waals surface area contributed by atoms with Crippen molar-refractivity contribution in [2.75, 3.05) is 6.79 Å². The normalized spacial score (nSPS) is 13.6. The first kappa shape index (κ1) is 14.9. The van der Waals surface area contributed by atoms with Crippen LogP contribution in [-0.2, 0) is 0 Å². The maximum atomic E-state index is 11.9. The van der Waals surface area contributed by atoms with Gasteiger partial charge in [0.2, 0.25) is 6.79 Å². The summed E-state index contributed by atoms with van der Waals surface area (Å²) in [5.74, 6) is 1.74. The second-order valence-electron chi connectivity index (χ2n) is 5.03. The highest BCUT2D eigenvalue weighted by Crippen LogP contribution is 2.32. The van der Waals surface area contributed by atoms with E-state index in [1.165, 1.54) is 6.26 Å². The van der Waals surface area contributed by atoms with Crippen LogP contribution < -0.4 is 14.9 Å². The third kappa shape index (κ3) is 3.42. The van der Waals surface area contributed by atoms with E-state index in [0.29, 0.717) is 17.0 Å². The maximum Gasteiger partial charge on any atom is 0.274 e. The van der Waals surface area contributed by atoms with Gasteiger partial charge in [-0.25, -0.2) is 5.43 Å². The van der Waals surface area contributed by atoms with Crippen molar-refractivity contribution in [3.05, 3.63) is 53.5 Å². The Kier molecular flexibility index (Phi) is 4.14. The van der Waals surface area contributed by atoms with Gasteiger partial charge in [-0.1, -0.05) is 12.1 Å². The summed E-state index contributed by atoms with van der Waals surface area (Å²) < 4.78 is 15.7. The van der Waals surface area contributed by atoms with E-state index in [9.17, 15) is 4.79 Å². The van der Waals surface area contributed by atoms with Crippen molar-refractivity contribution in [2.24, 2.45) is 5.10 Å². The fraction of sp³-hybridized carbons (Fsp3) is 0.176. The Balaban J connectivity index is 1.63. The predicted molar refractivity (Wildman–Crippen MR) is 85.6 cm³/mol. The number of carbonyl (C=O) groups is 1. The van der Waals surface area contributed by atoms with Crippen LogP contribution >= 0.6 is 0 Å². The van der Waals surface area contributed by atoms with Crippen LogP contribution in [0.25, 0.3) is 6.08 Å². The van der Waals surface area contributed by atoms with Crippen molar-refractivity contribution in [1.82, 2.24) is 5.43 Å². The number of nitrogens with zero attached hydrogens (tertiary/aromatic N) is 1. The summed E-state index contributed by atoms with van der Waals surface area (Å²) in [4.78, 5) is 11.9. The summed E-state index contributed by atoms with van der Waals surface area (Å²) >= 11 is 0. The minimum absolute atomic E-state index is 0.252. The number of fused-ring (bicyclic) bond motifs is 1. The van der Waals surface area contributed by atoms with Gasteiger partial charge in [-0.15, -0.1) is 0 Å². The first-order valence-corrected chi connectivity index (χ1v) is 7.10. The van der Waals surface area contributed by atoms with E-state index in [4.69, 9.17) is 13.9 Å². The molecule has 1 aliphatic rings. The lowest BCUT2D eigenvalue weighted by Crippen LogP contribution is -2.18. The zero-order chi connectivity index (χ0) is 16.2. The fourth-order valence-electron chi connectivity index (χ4n) is 2.09. The van der Waals surface area contributed by atoms with E-state index < -0.39 is 0 Å². The van der Waals surface area contributed by atoms with Crippen LogP contribution in [0.15, 0.2) is 46.1 Å². The van der Waals surface area contributed by atoms with Gasteiger partial charge < -0.3 is 13.9 Å². The summed E-state index contributed by atoms with van der Waals surface area (Å²) in [6.07, 6.45) is 5.16. The number of aryl methyl sites for hydroxylation is 1. The van der Waals surface area contributed by atoms with E-state index in [1.807, 2.05) is 24.3 Å². The van der Waals surface area contributed by atoms with Crippen molar-refractivity contribution >= 4 is 17.7 Å². The third-order valence-corrected chi connectivity index (χ3v) is 3.35. The lowest BCUT2D eigenvalue weighted by atomic mass is 10.2. The molecule has 6 heteroatoms. The largest absolute Gasteiger partial charge is 0.469 e. The van der Waals surface area contributed by atoms with Gasteiger partial charge in [0.1, 0.15) is 5.76 Å². The molecule has 0 radical (unpaired) electrons. The van der Waals surface area contributed by atoms with Gasteiger partial charge in [0.25, 0.3) is 5.91 Å². The summed E-state index contributed by atoms with van der Waals surface area (Å²) in [6, 6.07) is 7.28. The number of hydrazone groups is 1. The molecule has 6 nitrogen and oxygen atoms in total. The summed E-state index contributed by atoms with van der Waals surface area (Å²) in [6.45, 7) is 3.78. The molecule has 1 amide bonds. The predicted octanol–water partition coefficient (Wildman–Crippen LogP) is 3.14. The SMILES string of the molecule is CC(C=Cc1ccc2c(c1)OCO2)=NNC(=O)c1ccoc1C. The molecular weight excluding hydrogens is 296 g/mol. The highest BCUT2D eigenvalue weighted by molar-refractivity contribution is 5.99. The summed E-state index contributed by atoms with van der Waals surface area (Å²) in [5.41, 5.74) is 4.59. The van der Waals surface area contributed by atoms with E-state index in [1.54, 1.807) is 26.0 Å². The molecule has 23 heavy (non-hydrogen) atoms. The van der Waals surface area contributed by atoms with Crippen LogP contribution in [0.5, 0.6) is 11.5 Å². The first-order chi connectivity index (χ1) is 11.1. The summed E-state index contributed by atoms with van der Waals surface area (Å²) in [5, 5.41) is 4.04. The molecule has 2 aromatic rings. The number of ether oxygens (including phenoxy) is 2. The number of rotatable bonds is 4. The van der Waals surface area contributed by atoms with E-state index in [2.05, 4.69) is 10.5 Å². The van der Waals surface area contributed by atoms with Gasteiger partial charge in [-0.05, 0) is 43.7 Å². The Morgan fingerprint density at radius 3 is 2.87 bits per heavy atom. The highest BCUT2D eigenvalue weighted by atomic mass is 16.7. The number of nitrogens with one attached hydrogen (secondary N) is 1. The molecular formula is C17H16N2O4. The molecule has 1 aliphatic heterocycles. The molecule has 0 aliphatic carbocycles. The number of carbonyl (C=O) groups excluding carboxylic acids is 1. The number of hydrogen-bond acceptors (Lipinski definition) is 5. The number of hydrogen-bond donors (Lipinski definition) is 1. The molecule has 1 aromatic carbocycles. The van der Waals surface area contributed by atoms with Gasteiger partial charge >= 0.3 is 0 Å². The van der Waals surface area contributed by atoms with Crippen LogP contribution in [0.2, 0.25) is 0 Å². The van der Waals surface area contributed by atoms with E-state index in [0.717, 1.165) is 17.1 Å². The molecule has 2 heterocycles. The fourth-order valence-corrected chi connectivity index (χ4v) is 2.09. The van der Waals surface area contributed by atoms with Crippen LogP contribution in [-0.4, -0.2) is 18.4 Å². The lowest BCUT2D eigenvalue weighted by molar-refractivity contribution is 0.0953. The standard InChI is InChI=1S/C17H16N2O4/c1-11(18-19-17(20)14-7-8-21-12(14)2)3-4-13-5-6-15-16(9-13)23-10-22-15/h3-9H,10H2,1-2H3,(H,19,20). The highest BCUT2D eigenvalue weighted by Gasteiger charge is 2.12. The average Bonchev–Trinajstić information content (AvgIpc) is 3.18. The number of amides is 1. The molecule has 0 saturated heterocycles. The molecule has 0 atom stereocenters. The Bertz CT molecular complexity index is 790. The van der Waals surface area contributed by atoms with Gasteiger partial charge in [-0.2, -0.15) is 5.10 Å². The number of allylic oxidation sites excluding steroid dienone is 1. The molecule has 3 rings (SSSR count). The Hall–Kier alpha value is -3.02. The van der Waals surface area contributed by atoms with Gasteiger partial charge in [0, 0.05) is 0 Å². The Labute approximate surface area is 133 Å². The van der Waals surface area contributed by atoms with Crippen molar-refractivity contribution in [3.8, 4) is 11.5 Å². The molecule has 1 N–H and O–H groups in total. The second-order valence-corrected chi connectivity index (χ2v) is 5.03. The van der Waals surface area contributed by atoms with Crippen LogP contribution in [0.3, 0.4) is 0 Å². The Morgan fingerprint density at radius 2 is 2.09 bits per heavy atom. The van der Waals surface area contributed by atoms with Crippen molar-refractivity contribution in [2.45, 2.75) is 13.8 Å². The second kappa shape index (κ2) is 6.39. The van der Waals surface area contributed by atoms with Crippen LogP contribution in [0, 0.1) is 6.92 Å². The van der Waals surface area contributed by atoms with Crippen molar-refractivity contribution in [3.63, 3.8) is 0 Å². The smallest absolute Gasteiger partial charge is 0.274 e. The molecule has 0 fully saturated rings. The van der Waals surface area contributed by atoms with Gasteiger partial charge in [0.15, 0.2) is 11.5 Å². The third-order valence-electron chi connectivity index (χ3n) is 3.35. The molecule has 1 aromatic heterocycles. The quantitative estimate of drug-likeness (QED) is 0.695. The number of benzene rings is 1. The van der Waals surface area contributed by atoms with Crippen LogP contribution in [0.4, 0.5) is 0 Å². The zero-order valence-corrected chi connectivity index (χ0v) is 12.8. The minimum atomic E-state index is -0.299. The van der Waals surface area contributed by atoms with E-state index in [-0.39, 0.29) is 12.7 Å². The molecule has 0 unspecified atom stereocenters. The minimum Gasteiger partial charge on any atom is -0.469 e. The summed E-state index contributed by atoms with van der Waals surface area (Å²) in [7, 11) is 0. The van der Waals surface area contributed by atoms with Gasteiger partial charge in [0.05, 0.1) is 17.5 Å². The first-order valence-electron chi connectivity index (χ1n) is 7.10. The van der Waals surface area contributed by atoms with E-state index >= 15 is 0 Å². The van der Waals surface area contributed by atoms with Crippen molar-refractivity contribution in [1.29, 1.82) is 0 Å².